The fraction of sp³-hybridized carbons (Fsp3) is 0.231. The normalized spacial score (nSPS) is 10.4. The van der Waals surface area contributed by atoms with Crippen LogP contribution in [-0.4, -0.2) is 9.49 Å². The molecular weight excluding hydrogens is 310 g/mol. The van der Waals surface area contributed by atoms with Gasteiger partial charge in [-0.05, 0) is 47.1 Å². The van der Waals surface area contributed by atoms with Crippen molar-refractivity contribution in [1.82, 2.24) is 4.57 Å². The Hall–Kier alpha value is -1.82. The number of halogens is 1. The minimum atomic E-state index is -0.407. The third-order valence-corrected chi connectivity index (χ3v) is 3.52. The van der Waals surface area contributed by atoms with Crippen LogP contribution in [0.3, 0.4) is 0 Å². The summed E-state index contributed by atoms with van der Waals surface area (Å²) in [6.07, 6.45) is 2.03. The third-order valence-electron chi connectivity index (χ3n) is 2.88. The molecule has 2 rings (SSSR count). The van der Waals surface area contributed by atoms with Crippen LogP contribution in [-0.2, 0) is 13.1 Å². The zero-order chi connectivity index (χ0) is 13.8. The van der Waals surface area contributed by atoms with Crippen molar-refractivity contribution in [3.05, 3.63) is 56.8 Å². The Morgan fingerprint density at radius 3 is 2.84 bits per heavy atom. The highest BCUT2D eigenvalue weighted by molar-refractivity contribution is 9.10. The van der Waals surface area contributed by atoms with E-state index in [-0.39, 0.29) is 5.69 Å². The fourth-order valence-corrected chi connectivity index (χ4v) is 2.40. The molecule has 0 fully saturated rings. The summed E-state index contributed by atoms with van der Waals surface area (Å²) in [7, 11) is 0. The quantitative estimate of drug-likeness (QED) is 0.672. The highest BCUT2D eigenvalue weighted by Crippen LogP contribution is 2.27. The van der Waals surface area contributed by atoms with Crippen molar-refractivity contribution in [2.24, 2.45) is 0 Å². The number of nitrogens with one attached hydrogen (secondary N) is 1. The maximum absolute atomic E-state index is 10.7. The molecule has 0 spiro atoms. The van der Waals surface area contributed by atoms with Crippen molar-refractivity contribution in [3.63, 3.8) is 0 Å². The largest absolute Gasteiger partial charge is 0.379 e. The molecule has 1 heterocycles. The number of aromatic nitrogens is 1. The minimum Gasteiger partial charge on any atom is -0.379 e. The first-order chi connectivity index (χ1) is 9.11. The lowest BCUT2D eigenvalue weighted by molar-refractivity contribution is -0.385. The van der Waals surface area contributed by atoms with Gasteiger partial charge in [0.2, 0.25) is 0 Å². The summed E-state index contributed by atoms with van der Waals surface area (Å²) in [4.78, 5) is 10.3. The Kier molecular flexibility index (Phi) is 4.21. The molecule has 0 aliphatic carbocycles. The van der Waals surface area contributed by atoms with Gasteiger partial charge in [-0.3, -0.25) is 10.1 Å². The molecule has 0 bridgehead atoms. The van der Waals surface area contributed by atoms with E-state index in [9.17, 15) is 10.1 Å². The molecule has 6 heteroatoms. The summed E-state index contributed by atoms with van der Waals surface area (Å²) in [6.45, 7) is 3.70. The molecule has 0 unspecified atom stereocenters. The fourth-order valence-electron chi connectivity index (χ4n) is 1.88. The number of anilines is 1. The molecule has 19 heavy (non-hydrogen) atoms. The molecule has 0 amide bonds. The van der Waals surface area contributed by atoms with Crippen LogP contribution in [0.2, 0.25) is 0 Å². The zero-order valence-electron chi connectivity index (χ0n) is 10.5. The Balaban J connectivity index is 2.08. The van der Waals surface area contributed by atoms with Gasteiger partial charge < -0.3 is 9.88 Å². The lowest BCUT2D eigenvalue weighted by Crippen LogP contribution is -2.06. The highest BCUT2D eigenvalue weighted by Gasteiger charge is 2.11. The van der Waals surface area contributed by atoms with E-state index in [0.29, 0.717) is 11.0 Å². The van der Waals surface area contributed by atoms with Crippen LogP contribution in [0.1, 0.15) is 12.6 Å². The van der Waals surface area contributed by atoms with Gasteiger partial charge in [0.25, 0.3) is 5.69 Å². The number of nitrogens with zero attached hydrogens (tertiary/aromatic N) is 2. The number of rotatable bonds is 5. The van der Waals surface area contributed by atoms with Crippen molar-refractivity contribution in [3.8, 4) is 0 Å². The smallest absolute Gasteiger partial charge is 0.283 e. The zero-order valence-corrected chi connectivity index (χ0v) is 12.1. The summed E-state index contributed by atoms with van der Waals surface area (Å²) in [5, 5.41) is 14.0. The molecule has 0 saturated heterocycles. The second kappa shape index (κ2) is 5.88. The van der Waals surface area contributed by atoms with Gasteiger partial charge in [0.05, 0.1) is 15.9 Å². The van der Waals surface area contributed by atoms with Crippen LogP contribution >= 0.6 is 15.9 Å². The molecule has 2 aromatic rings. The van der Waals surface area contributed by atoms with Gasteiger partial charge in [0.15, 0.2) is 0 Å². The molecule has 0 aliphatic heterocycles. The maximum atomic E-state index is 10.7. The molecule has 1 N–H and O–H groups in total. The van der Waals surface area contributed by atoms with E-state index < -0.39 is 4.92 Å². The summed E-state index contributed by atoms with van der Waals surface area (Å²) in [6, 6.07) is 8.98. The second-order valence-corrected chi connectivity index (χ2v) is 4.92. The number of benzene rings is 1. The van der Waals surface area contributed by atoms with Crippen LogP contribution in [0.4, 0.5) is 11.4 Å². The number of nitro groups is 1. The van der Waals surface area contributed by atoms with Crippen molar-refractivity contribution in [2.45, 2.75) is 20.0 Å². The monoisotopic (exact) mass is 323 g/mol. The molecule has 0 atom stereocenters. The highest BCUT2D eigenvalue weighted by atomic mass is 79.9. The molecule has 1 aromatic heterocycles. The average Bonchev–Trinajstić information content (AvgIpc) is 2.83. The molecule has 0 aliphatic rings. The van der Waals surface area contributed by atoms with E-state index in [1.165, 1.54) is 11.8 Å². The Labute approximate surface area is 119 Å². The van der Waals surface area contributed by atoms with Crippen LogP contribution < -0.4 is 5.32 Å². The van der Waals surface area contributed by atoms with Crippen molar-refractivity contribution in [1.29, 1.82) is 0 Å². The lowest BCUT2D eigenvalue weighted by atomic mass is 10.3. The molecule has 0 radical (unpaired) electrons. The van der Waals surface area contributed by atoms with Crippen LogP contribution in [0, 0.1) is 10.1 Å². The summed E-state index contributed by atoms with van der Waals surface area (Å²) in [5.41, 5.74) is 2.10. The lowest BCUT2D eigenvalue weighted by Gasteiger charge is -2.09. The van der Waals surface area contributed by atoms with Gasteiger partial charge in [-0.2, -0.15) is 0 Å². The number of aryl methyl sites for hydroxylation is 1. The molecular formula is C13H14BrN3O2. The first-order valence-corrected chi connectivity index (χ1v) is 6.73. The predicted molar refractivity (Wildman–Crippen MR) is 78.2 cm³/mol. The topological polar surface area (TPSA) is 60.1 Å². The summed E-state index contributed by atoms with van der Waals surface area (Å²) < 4.78 is 2.63. The van der Waals surface area contributed by atoms with Gasteiger partial charge in [-0.1, -0.05) is 0 Å². The molecule has 100 valence electrons. The van der Waals surface area contributed by atoms with Gasteiger partial charge in [0.1, 0.15) is 0 Å². The van der Waals surface area contributed by atoms with Crippen LogP contribution in [0.25, 0.3) is 0 Å². The van der Waals surface area contributed by atoms with Crippen molar-refractivity contribution in [2.75, 3.05) is 5.32 Å². The van der Waals surface area contributed by atoms with E-state index in [4.69, 9.17) is 0 Å². The molecule has 5 nitrogen and oxygen atoms in total. The first-order valence-electron chi connectivity index (χ1n) is 5.93. The first kappa shape index (κ1) is 13.6. The number of nitro benzene ring substituents is 1. The molecule has 0 saturated carbocycles. The Bertz CT molecular complexity index is 595. The van der Waals surface area contributed by atoms with Crippen LogP contribution in [0.15, 0.2) is 41.0 Å². The van der Waals surface area contributed by atoms with Gasteiger partial charge >= 0.3 is 0 Å². The van der Waals surface area contributed by atoms with E-state index in [0.717, 1.165) is 12.2 Å². The number of hydrogen-bond acceptors (Lipinski definition) is 3. The van der Waals surface area contributed by atoms with E-state index in [2.05, 4.69) is 38.8 Å². The SMILES string of the molecule is CCn1cccc1CNc1ccc([N+](=O)[O-])c(Br)c1. The van der Waals surface area contributed by atoms with Crippen molar-refractivity contribution >= 4 is 27.3 Å². The van der Waals surface area contributed by atoms with E-state index in [1.807, 2.05) is 12.3 Å². The van der Waals surface area contributed by atoms with Gasteiger partial charge in [0, 0.05) is 30.2 Å². The summed E-state index contributed by atoms with van der Waals surface area (Å²) in [5.74, 6) is 0. The second-order valence-electron chi connectivity index (χ2n) is 4.06. The van der Waals surface area contributed by atoms with E-state index >= 15 is 0 Å². The Morgan fingerprint density at radius 1 is 1.42 bits per heavy atom. The third kappa shape index (κ3) is 3.14. The van der Waals surface area contributed by atoms with E-state index in [1.54, 1.807) is 12.1 Å². The average molecular weight is 324 g/mol. The standard InChI is InChI=1S/C13H14BrN3O2/c1-2-16-7-3-4-11(16)9-15-10-5-6-13(17(18)19)12(14)8-10/h3-8,15H,2,9H2,1H3. The van der Waals surface area contributed by atoms with Crippen LogP contribution in [0.5, 0.6) is 0 Å². The number of hydrogen-bond donors (Lipinski definition) is 1. The minimum absolute atomic E-state index is 0.0717. The summed E-state index contributed by atoms with van der Waals surface area (Å²) >= 11 is 3.21. The molecule has 1 aromatic carbocycles. The maximum Gasteiger partial charge on any atom is 0.283 e. The Morgan fingerprint density at radius 2 is 2.21 bits per heavy atom. The van der Waals surface area contributed by atoms with Gasteiger partial charge in [-0.25, -0.2) is 0 Å². The predicted octanol–water partition coefficient (Wildman–Crippen LogP) is 3.79. The van der Waals surface area contributed by atoms with Gasteiger partial charge in [-0.15, -0.1) is 0 Å². The van der Waals surface area contributed by atoms with Crippen molar-refractivity contribution < 1.29 is 4.92 Å².